The van der Waals surface area contributed by atoms with Gasteiger partial charge in [-0.25, -0.2) is 0 Å². The van der Waals surface area contributed by atoms with E-state index in [9.17, 15) is 9.59 Å². The van der Waals surface area contributed by atoms with E-state index in [0.717, 1.165) is 24.2 Å². The van der Waals surface area contributed by atoms with Gasteiger partial charge in [0.25, 0.3) is 0 Å². The van der Waals surface area contributed by atoms with E-state index in [2.05, 4.69) is 10.5 Å². The topological polar surface area (TPSA) is 84.7 Å². The van der Waals surface area contributed by atoms with E-state index < -0.39 is 0 Å². The number of hydrogen-bond donors (Lipinski definition) is 1. The van der Waals surface area contributed by atoms with Crippen LogP contribution >= 0.6 is 0 Å². The molecule has 7 heteroatoms. The van der Waals surface area contributed by atoms with Crippen molar-refractivity contribution < 1.29 is 18.8 Å². The maximum absolute atomic E-state index is 12.5. The van der Waals surface area contributed by atoms with Crippen LogP contribution in [0.5, 0.6) is 0 Å². The summed E-state index contributed by atoms with van der Waals surface area (Å²) >= 11 is 0. The number of carbonyl (C=O) groups excluding carboxylic acids is 2. The third-order valence-electron chi connectivity index (χ3n) is 5.86. The number of amides is 2. The van der Waals surface area contributed by atoms with Gasteiger partial charge in [-0.05, 0) is 44.9 Å². The van der Waals surface area contributed by atoms with Gasteiger partial charge in [-0.2, -0.15) is 0 Å². The van der Waals surface area contributed by atoms with Gasteiger partial charge in [0.2, 0.25) is 11.8 Å². The Morgan fingerprint density at radius 3 is 2.69 bits per heavy atom. The van der Waals surface area contributed by atoms with Crippen molar-refractivity contribution in [3.63, 3.8) is 0 Å². The monoisotopic (exact) mass is 361 g/mol. The normalized spacial score (nSPS) is 23.9. The molecular formula is C19H27N3O4. The average Bonchev–Trinajstić information content (AvgIpc) is 3.24. The third-order valence-corrected chi connectivity index (χ3v) is 5.86. The highest BCUT2D eigenvalue weighted by atomic mass is 16.5. The van der Waals surface area contributed by atoms with Crippen LogP contribution < -0.4 is 5.32 Å². The van der Waals surface area contributed by atoms with Crippen LogP contribution in [0.2, 0.25) is 0 Å². The molecule has 4 rings (SSSR count). The molecule has 2 aliphatic heterocycles. The van der Waals surface area contributed by atoms with Gasteiger partial charge in [0.15, 0.2) is 0 Å². The Labute approximate surface area is 153 Å². The van der Waals surface area contributed by atoms with Crippen molar-refractivity contribution in [2.24, 2.45) is 11.8 Å². The first-order valence-corrected chi connectivity index (χ1v) is 9.54. The largest absolute Gasteiger partial charge is 0.371 e. The van der Waals surface area contributed by atoms with Crippen molar-refractivity contribution in [3.8, 4) is 0 Å². The van der Waals surface area contributed by atoms with Gasteiger partial charge in [0.05, 0.1) is 31.8 Å². The van der Waals surface area contributed by atoms with Crippen LogP contribution in [0.25, 0.3) is 0 Å². The lowest BCUT2D eigenvalue weighted by Gasteiger charge is -2.47. The van der Waals surface area contributed by atoms with Crippen LogP contribution in [0.15, 0.2) is 4.52 Å². The Balaban J connectivity index is 1.22. The summed E-state index contributed by atoms with van der Waals surface area (Å²) in [5.74, 6) is 1.89. The lowest BCUT2D eigenvalue weighted by Crippen LogP contribution is -2.63. The summed E-state index contributed by atoms with van der Waals surface area (Å²) in [6.07, 6.45) is 4.20. The van der Waals surface area contributed by atoms with Crippen LogP contribution in [-0.4, -0.2) is 53.7 Å². The third kappa shape index (κ3) is 3.63. The number of nitrogens with zero attached hydrogens (tertiary/aromatic N) is 2. The molecular weight excluding hydrogens is 334 g/mol. The molecule has 1 N–H and O–H groups in total. The summed E-state index contributed by atoms with van der Waals surface area (Å²) in [5.41, 5.74) is 1.42. The Bertz CT molecular complexity index is 684. The van der Waals surface area contributed by atoms with Crippen LogP contribution in [0.1, 0.15) is 42.7 Å². The van der Waals surface area contributed by atoms with Crippen molar-refractivity contribution in [2.45, 2.75) is 51.6 Å². The zero-order chi connectivity index (χ0) is 18.3. The molecule has 1 unspecified atom stereocenters. The molecule has 0 aromatic carbocycles. The van der Waals surface area contributed by atoms with E-state index in [1.807, 2.05) is 18.7 Å². The highest BCUT2D eigenvalue weighted by Gasteiger charge is 2.51. The van der Waals surface area contributed by atoms with Crippen LogP contribution in [0.3, 0.4) is 0 Å². The zero-order valence-electron chi connectivity index (χ0n) is 15.5. The van der Waals surface area contributed by atoms with Gasteiger partial charge in [-0.1, -0.05) is 5.16 Å². The quantitative estimate of drug-likeness (QED) is 0.827. The molecule has 26 heavy (non-hydrogen) atoms. The summed E-state index contributed by atoms with van der Waals surface area (Å²) in [6.45, 7) is 6.36. The van der Waals surface area contributed by atoms with Crippen molar-refractivity contribution in [3.05, 3.63) is 17.0 Å². The Morgan fingerprint density at radius 2 is 2.04 bits per heavy atom. The van der Waals surface area contributed by atoms with Gasteiger partial charge in [0, 0.05) is 18.5 Å². The van der Waals surface area contributed by atoms with E-state index in [-0.39, 0.29) is 23.3 Å². The van der Waals surface area contributed by atoms with E-state index in [4.69, 9.17) is 9.26 Å². The van der Waals surface area contributed by atoms with Crippen molar-refractivity contribution in [2.75, 3.05) is 26.2 Å². The van der Waals surface area contributed by atoms with Crippen LogP contribution in [0, 0.1) is 25.7 Å². The second kappa shape index (κ2) is 6.68. The van der Waals surface area contributed by atoms with Gasteiger partial charge in [-0.3, -0.25) is 9.59 Å². The molecule has 1 aromatic rings. The molecule has 3 heterocycles. The zero-order valence-corrected chi connectivity index (χ0v) is 15.5. The second-order valence-electron chi connectivity index (χ2n) is 8.25. The minimum Gasteiger partial charge on any atom is -0.371 e. The average molecular weight is 361 g/mol. The molecule has 1 spiro atoms. The molecule has 142 valence electrons. The molecule has 3 aliphatic rings. The minimum absolute atomic E-state index is 0.0826. The molecule has 0 radical (unpaired) electrons. The Morgan fingerprint density at radius 1 is 1.27 bits per heavy atom. The minimum atomic E-state index is -0.240. The van der Waals surface area contributed by atoms with Gasteiger partial charge >= 0.3 is 0 Å². The summed E-state index contributed by atoms with van der Waals surface area (Å²) in [6, 6.07) is 0. The fourth-order valence-corrected chi connectivity index (χ4v) is 4.05. The predicted octanol–water partition coefficient (Wildman–Crippen LogP) is 1.37. The first-order valence-electron chi connectivity index (χ1n) is 9.54. The predicted molar refractivity (Wildman–Crippen MR) is 93.4 cm³/mol. The smallest absolute Gasteiger partial charge is 0.227 e. The van der Waals surface area contributed by atoms with Gasteiger partial charge in [0.1, 0.15) is 11.4 Å². The number of likely N-dealkylation sites (tertiary alicyclic amines) is 1. The molecule has 1 aliphatic carbocycles. The molecule has 3 fully saturated rings. The fourth-order valence-electron chi connectivity index (χ4n) is 4.05. The van der Waals surface area contributed by atoms with E-state index in [1.54, 1.807) is 0 Å². The van der Waals surface area contributed by atoms with Crippen LogP contribution in [0.4, 0.5) is 0 Å². The Hall–Kier alpha value is -1.89. The molecule has 0 bridgehead atoms. The number of rotatable bonds is 6. The second-order valence-corrected chi connectivity index (χ2v) is 8.25. The molecule has 1 saturated carbocycles. The molecule has 2 amide bonds. The van der Waals surface area contributed by atoms with Gasteiger partial charge in [-0.15, -0.1) is 0 Å². The summed E-state index contributed by atoms with van der Waals surface area (Å²) in [7, 11) is 0. The number of ether oxygens (including phenoxy) is 1. The standard InChI is InChI=1S/C19H27N3O4/c1-12-16(13(2)26-21-12)6-18(24)22-10-19(11-22)7-15(9-25-19)5-17(23)20-8-14-3-4-14/h14-15H,3-11H2,1-2H3,(H,20,23). The van der Waals surface area contributed by atoms with E-state index >= 15 is 0 Å². The van der Waals surface area contributed by atoms with Crippen molar-refractivity contribution in [1.29, 1.82) is 0 Å². The summed E-state index contributed by atoms with van der Waals surface area (Å²) in [4.78, 5) is 26.3. The maximum atomic E-state index is 12.5. The molecule has 2 saturated heterocycles. The highest BCUT2D eigenvalue weighted by molar-refractivity contribution is 5.80. The van der Waals surface area contributed by atoms with Crippen molar-refractivity contribution >= 4 is 11.8 Å². The molecule has 1 aromatic heterocycles. The number of aromatic nitrogens is 1. The van der Waals surface area contributed by atoms with Gasteiger partial charge < -0.3 is 19.5 Å². The summed E-state index contributed by atoms with van der Waals surface area (Å²) in [5, 5.41) is 6.93. The van der Waals surface area contributed by atoms with E-state index in [1.165, 1.54) is 12.8 Å². The highest BCUT2D eigenvalue weighted by Crippen LogP contribution is 2.39. The van der Waals surface area contributed by atoms with Crippen LogP contribution in [-0.2, 0) is 20.7 Å². The first-order chi connectivity index (χ1) is 12.4. The number of carbonyl (C=O) groups is 2. The summed E-state index contributed by atoms with van der Waals surface area (Å²) < 4.78 is 11.1. The lowest BCUT2D eigenvalue weighted by molar-refractivity contribution is -0.157. The molecule has 1 atom stereocenters. The number of nitrogens with one attached hydrogen (secondary N) is 1. The fraction of sp³-hybridized carbons (Fsp3) is 0.737. The van der Waals surface area contributed by atoms with Crippen molar-refractivity contribution in [1.82, 2.24) is 15.4 Å². The van der Waals surface area contributed by atoms with E-state index in [0.29, 0.717) is 44.2 Å². The maximum Gasteiger partial charge on any atom is 0.227 e. The SMILES string of the molecule is Cc1noc(C)c1CC(=O)N1CC2(CC(CC(=O)NCC3CC3)CO2)C1. The molecule has 7 nitrogen and oxygen atoms in total. The number of aryl methyl sites for hydroxylation is 2. The number of hydrogen-bond acceptors (Lipinski definition) is 5. The lowest BCUT2D eigenvalue weighted by atomic mass is 9.85. The Kier molecular flexibility index (Phi) is 4.50. The first kappa shape index (κ1) is 17.5.